The average Bonchev–Trinajstić information content (AvgIpc) is 3.15. The summed E-state index contributed by atoms with van der Waals surface area (Å²) in [7, 11) is 0. The van der Waals surface area contributed by atoms with Crippen molar-refractivity contribution in [1.82, 2.24) is 15.1 Å². The highest BCUT2D eigenvalue weighted by Crippen LogP contribution is 2.18. The number of carbonyl (C=O) groups is 2. The second kappa shape index (κ2) is 7.19. The monoisotopic (exact) mass is 355 g/mol. The summed E-state index contributed by atoms with van der Waals surface area (Å²) in [5, 5.41) is 16.6. The topological polar surface area (TPSA) is 84.2 Å². The van der Waals surface area contributed by atoms with E-state index >= 15 is 0 Å². The van der Waals surface area contributed by atoms with E-state index in [0.717, 1.165) is 0 Å². The fourth-order valence-corrected chi connectivity index (χ4v) is 2.49. The van der Waals surface area contributed by atoms with Crippen molar-refractivity contribution in [2.75, 3.05) is 0 Å². The Labute approximate surface area is 148 Å². The van der Waals surface area contributed by atoms with Gasteiger partial charge in [0, 0.05) is 23.0 Å². The summed E-state index contributed by atoms with van der Waals surface area (Å²) in [4.78, 5) is 24.0. The fourth-order valence-electron chi connectivity index (χ4n) is 2.37. The van der Waals surface area contributed by atoms with Crippen molar-refractivity contribution in [1.29, 1.82) is 0 Å². The highest BCUT2D eigenvalue weighted by molar-refractivity contribution is 6.30. The van der Waals surface area contributed by atoms with Gasteiger partial charge in [0.05, 0.1) is 5.69 Å². The molecule has 0 fully saturated rings. The van der Waals surface area contributed by atoms with Gasteiger partial charge in [-0.1, -0.05) is 29.8 Å². The summed E-state index contributed by atoms with van der Waals surface area (Å²) in [6.07, 6.45) is 3.39. The molecule has 3 aromatic rings. The molecule has 0 saturated carbocycles. The van der Waals surface area contributed by atoms with Crippen LogP contribution in [0.25, 0.3) is 5.69 Å². The molecule has 0 saturated heterocycles. The quantitative estimate of drug-likeness (QED) is 0.736. The molecule has 1 atom stereocenters. The van der Waals surface area contributed by atoms with Crippen LogP contribution in [0.3, 0.4) is 0 Å². The van der Waals surface area contributed by atoms with E-state index < -0.39 is 17.9 Å². The van der Waals surface area contributed by atoms with Crippen LogP contribution in [-0.4, -0.2) is 26.8 Å². The Bertz CT molecular complexity index is 892. The number of nitrogens with zero attached hydrogens (tertiary/aromatic N) is 2. The summed E-state index contributed by atoms with van der Waals surface area (Å²) in [6, 6.07) is 13.7. The number of aliphatic carboxylic acids is 1. The SMILES string of the molecule is O=C(NC(C(=O)O)c1ccc(Cl)cc1)c1cccc(-n2cccn2)c1. The van der Waals surface area contributed by atoms with E-state index in [-0.39, 0.29) is 0 Å². The van der Waals surface area contributed by atoms with E-state index in [1.54, 1.807) is 71.7 Å². The van der Waals surface area contributed by atoms with E-state index in [1.807, 2.05) is 0 Å². The standard InChI is InChI=1S/C18H14ClN3O3/c19-14-7-5-12(6-8-14)16(18(24)25)21-17(23)13-3-1-4-15(11-13)22-10-2-9-20-22/h1-11,16H,(H,21,23)(H,24,25). The zero-order valence-corrected chi connectivity index (χ0v) is 13.7. The molecule has 3 rings (SSSR count). The Morgan fingerprint density at radius 2 is 1.88 bits per heavy atom. The number of hydrogen-bond acceptors (Lipinski definition) is 3. The van der Waals surface area contributed by atoms with E-state index in [2.05, 4.69) is 10.4 Å². The minimum absolute atomic E-state index is 0.341. The first-order valence-electron chi connectivity index (χ1n) is 7.44. The molecule has 2 aromatic carbocycles. The second-order valence-corrected chi connectivity index (χ2v) is 5.73. The lowest BCUT2D eigenvalue weighted by Crippen LogP contribution is -2.33. The van der Waals surface area contributed by atoms with Crippen LogP contribution < -0.4 is 5.32 Å². The van der Waals surface area contributed by atoms with Gasteiger partial charge in [-0.3, -0.25) is 4.79 Å². The van der Waals surface area contributed by atoms with E-state index in [9.17, 15) is 14.7 Å². The molecule has 2 N–H and O–H groups in total. The largest absolute Gasteiger partial charge is 0.479 e. The van der Waals surface area contributed by atoms with Crippen LogP contribution in [0.4, 0.5) is 0 Å². The smallest absolute Gasteiger partial charge is 0.330 e. The van der Waals surface area contributed by atoms with Gasteiger partial charge in [-0.05, 0) is 42.0 Å². The highest BCUT2D eigenvalue weighted by atomic mass is 35.5. The van der Waals surface area contributed by atoms with Crippen LogP contribution in [0.1, 0.15) is 22.0 Å². The molecule has 0 bridgehead atoms. The molecule has 1 amide bonds. The number of nitrogens with one attached hydrogen (secondary N) is 1. The third-order valence-electron chi connectivity index (χ3n) is 3.60. The van der Waals surface area contributed by atoms with Crippen molar-refractivity contribution in [3.8, 4) is 5.69 Å². The molecule has 126 valence electrons. The molecule has 0 spiro atoms. The zero-order chi connectivity index (χ0) is 17.8. The lowest BCUT2D eigenvalue weighted by atomic mass is 10.1. The summed E-state index contributed by atoms with van der Waals surface area (Å²) >= 11 is 5.82. The predicted molar refractivity (Wildman–Crippen MR) is 92.9 cm³/mol. The van der Waals surface area contributed by atoms with Gasteiger partial charge < -0.3 is 10.4 Å². The molecule has 7 heteroatoms. The van der Waals surface area contributed by atoms with Gasteiger partial charge in [0.1, 0.15) is 0 Å². The Morgan fingerprint density at radius 3 is 2.52 bits per heavy atom. The number of rotatable bonds is 5. The molecule has 0 aliphatic rings. The number of aromatic nitrogens is 2. The molecule has 0 radical (unpaired) electrons. The third-order valence-corrected chi connectivity index (χ3v) is 3.85. The van der Waals surface area contributed by atoms with Crippen molar-refractivity contribution in [2.24, 2.45) is 0 Å². The Hall–Kier alpha value is -3.12. The Balaban J connectivity index is 1.83. The zero-order valence-electron chi connectivity index (χ0n) is 13.0. The maximum atomic E-state index is 12.5. The van der Waals surface area contributed by atoms with Gasteiger partial charge in [0.15, 0.2) is 6.04 Å². The number of carboxylic acid groups (broad SMARTS) is 1. The number of carbonyl (C=O) groups excluding carboxylic acids is 1. The van der Waals surface area contributed by atoms with Crippen LogP contribution in [0, 0.1) is 0 Å². The van der Waals surface area contributed by atoms with Crippen LogP contribution in [0.5, 0.6) is 0 Å². The minimum Gasteiger partial charge on any atom is -0.479 e. The predicted octanol–water partition coefficient (Wildman–Crippen LogP) is 3.08. The summed E-state index contributed by atoms with van der Waals surface area (Å²) in [5.41, 5.74) is 1.48. The van der Waals surface area contributed by atoms with Crippen molar-refractivity contribution in [2.45, 2.75) is 6.04 Å². The Kier molecular flexibility index (Phi) is 4.81. The first-order valence-corrected chi connectivity index (χ1v) is 7.81. The van der Waals surface area contributed by atoms with Gasteiger partial charge in [-0.25, -0.2) is 9.48 Å². The summed E-state index contributed by atoms with van der Waals surface area (Å²) < 4.78 is 1.62. The molecule has 6 nitrogen and oxygen atoms in total. The lowest BCUT2D eigenvalue weighted by Gasteiger charge is -2.15. The van der Waals surface area contributed by atoms with Gasteiger partial charge >= 0.3 is 5.97 Å². The molecular weight excluding hydrogens is 342 g/mol. The van der Waals surface area contributed by atoms with E-state index in [1.165, 1.54) is 0 Å². The highest BCUT2D eigenvalue weighted by Gasteiger charge is 2.22. The third kappa shape index (κ3) is 3.87. The number of benzene rings is 2. The van der Waals surface area contributed by atoms with Crippen LogP contribution in [-0.2, 0) is 4.79 Å². The van der Waals surface area contributed by atoms with Crippen molar-refractivity contribution >= 4 is 23.5 Å². The molecule has 25 heavy (non-hydrogen) atoms. The number of carboxylic acids is 1. The molecule has 0 aliphatic carbocycles. The van der Waals surface area contributed by atoms with E-state index in [4.69, 9.17) is 11.6 Å². The van der Waals surface area contributed by atoms with Crippen LogP contribution in [0.15, 0.2) is 67.0 Å². The van der Waals surface area contributed by atoms with Crippen molar-refractivity contribution < 1.29 is 14.7 Å². The normalized spacial score (nSPS) is 11.7. The van der Waals surface area contributed by atoms with Gasteiger partial charge in [0.25, 0.3) is 5.91 Å². The van der Waals surface area contributed by atoms with Crippen molar-refractivity contribution in [3.05, 3.63) is 83.1 Å². The van der Waals surface area contributed by atoms with Crippen LogP contribution in [0.2, 0.25) is 5.02 Å². The molecule has 1 heterocycles. The fraction of sp³-hybridized carbons (Fsp3) is 0.0556. The van der Waals surface area contributed by atoms with E-state index in [0.29, 0.717) is 21.8 Å². The molecule has 1 aromatic heterocycles. The van der Waals surface area contributed by atoms with Crippen molar-refractivity contribution in [3.63, 3.8) is 0 Å². The maximum Gasteiger partial charge on any atom is 0.330 e. The Morgan fingerprint density at radius 1 is 1.12 bits per heavy atom. The summed E-state index contributed by atoms with van der Waals surface area (Å²) in [6.45, 7) is 0. The number of halogens is 1. The maximum absolute atomic E-state index is 12.5. The molecule has 0 aliphatic heterocycles. The molecular formula is C18H14ClN3O3. The summed E-state index contributed by atoms with van der Waals surface area (Å²) in [5.74, 6) is -1.64. The number of amides is 1. The van der Waals surface area contributed by atoms with Gasteiger partial charge in [-0.2, -0.15) is 5.10 Å². The van der Waals surface area contributed by atoms with Gasteiger partial charge in [0.2, 0.25) is 0 Å². The van der Waals surface area contributed by atoms with Crippen LogP contribution >= 0.6 is 11.6 Å². The average molecular weight is 356 g/mol. The van der Waals surface area contributed by atoms with Gasteiger partial charge in [-0.15, -0.1) is 0 Å². The molecule has 1 unspecified atom stereocenters. The first-order chi connectivity index (χ1) is 12.0. The minimum atomic E-state index is -1.17. The lowest BCUT2D eigenvalue weighted by molar-refractivity contribution is -0.139. The first kappa shape index (κ1) is 16.7. The second-order valence-electron chi connectivity index (χ2n) is 5.30. The number of hydrogen-bond donors (Lipinski definition) is 2.